The number of methoxy groups -OCH3 is 1. The van der Waals surface area contributed by atoms with Crippen molar-refractivity contribution in [1.29, 1.82) is 0 Å². The second-order valence-corrected chi connectivity index (χ2v) is 15.3. The van der Waals surface area contributed by atoms with Crippen LogP contribution in [0.5, 0.6) is 0 Å². The summed E-state index contributed by atoms with van der Waals surface area (Å²) in [4.78, 5) is 4.02. The van der Waals surface area contributed by atoms with Gasteiger partial charge in [0, 0.05) is 91.3 Å². The molecule has 0 aromatic heterocycles. The molecule has 0 atom stereocenters. The Kier molecular flexibility index (Phi) is 30.7. The molecule has 3 fully saturated rings. The maximum atomic E-state index is 5.80. The van der Waals surface area contributed by atoms with Crippen molar-refractivity contribution in [3.05, 3.63) is 24.3 Å². The van der Waals surface area contributed by atoms with E-state index in [0.29, 0.717) is 142 Å². The number of nitrogens with zero attached hydrogens (tertiary/aromatic N) is 1. The monoisotopic (exact) mass is 917 g/mol. The van der Waals surface area contributed by atoms with E-state index in [4.69, 9.17) is 74.5 Å². The molecule has 61 heavy (non-hydrogen) atoms. The van der Waals surface area contributed by atoms with Gasteiger partial charge in [-0.25, -0.2) is 0 Å². The third kappa shape index (κ3) is 26.3. The summed E-state index contributed by atoms with van der Waals surface area (Å²) in [5.41, 5.74) is 0.815. The summed E-state index contributed by atoms with van der Waals surface area (Å²) in [6, 6.07) is 7.57. The molecule has 1 aromatic carbocycles. The highest BCUT2D eigenvalue weighted by atomic mass is 32.1. The van der Waals surface area contributed by atoms with Gasteiger partial charge < -0.3 is 91.1 Å². The topological polar surface area (TPSA) is 206 Å². The van der Waals surface area contributed by atoms with E-state index >= 15 is 0 Å². The zero-order valence-corrected chi connectivity index (χ0v) is 38.3. The van der Waals surface area contributed by atoms with Crippen LogP contribution < -0.4 is 53.2 Å². The fraction of sp³-hybridized carbons (Fsp3) is 0.769. The van der Waals surface area contributed by atoms with Crippen LogP contribution in [0, 0.1) is 0 Å². The van der Waals surface area contributed by atoms with E-state index in [9.17, 15) is 0 Å². The van der Waals surface area contributed by atoms with Gasteiger partial charge in [-0.2, -0.15) is 4.99 Å². The number of ether oxygens (including phenoxy) is 8. The molecule has 4 rings (SSSR count). The van der Waals surface area contributed by atoms with Crippen LogP contribution in [0.1, 0.15) is 0 Å². The smallest absolute Gasteiger partial charge is 0.171 e. The van der Waals surface area contributed by atoms with Crippen molar-refractivity contribution < 1.29 is 37.9 Å². The Morgan fingerprint density at radius 3 is 1.25 bits per heavy atom. The summed E-state index contributed by atoms with van der Waals surface area (Å²) >= 11 is 16.3. The number of anilines is 1. The summed E-state index contributed by atoms with van der Waals surface area (Å²) in [6.45, 7) is 16.1. The Labute approximate surface area is 378 Å². The lowest BCUT2D eigenvalue weighted by molar-refractivity contribution is -0.0222. The van der Waals surface area contributed by atoms with Gasteiger partial charge in [0.15, 0.2) is 10.2 Å². The molecule has 3 heterocycles. The van der Waals surface area contributed by atoms with Gasteiger partial charge in [0.05, 0.1) is 114 Å². The zero-order valence-electron chi connectivity index (χ0n) is 35.8. The lowest BCUT2D eigenvalue weighted by Gasteiger charge is -2.39. The van der Waals surface area contributed by atoms with Crippen molar-refractivity contribution >= 4 is 63.4 Å². The van der Waals surface area contributed by atoms with Crippen LogP contribution in [-0.2, 0) is 37.9 Å². The number of aliphatic imine (C=N–C) groups is 1. The number of nitrogens with one attached hydrogen (secondary N) is 10. The van der Waals surface area contributed by atoms with Crippen LogP contribution in [0.15, 0.2) is 29.3 Å². The van der Waals surface area contributed by atoms with Crippen molar-refractivity contribution in [1.82, 2.24) is 47.9 Å². The number of rotatable bonds is 27. The molecule has 3 saturated heterocycles. The van der Waals surface area contributed by atoms with Gasteiger partial charge in [0.1, 0.15) is 6.73 Å². The van der Waals surface area contributed by atoms with Crippen LogP contribution in [-0.4, -0.2) is 211 Å². The Balaban J connectivity index is 1.27. The van der Waals surface area contributed by atoms with Crippen LogP contribution >= 0.6 is 36.7 Å². The number of thiocarbonyl (C=S) groups is 3. The first-order valence-electron chi connectivity index (χ1n) is 21.1. The van der Waals surface area contributed by atoms with Gasteiger partial charge in [-0.1, -0.05) is 0 Å². The summed E-state index contributed by atoms with van der Waals surface area (Å²) in [5, 5.41) is 39.1. The van der Waals surface area contributed by atoms with Crippen molar-refractivity contribution in [2.45, 2.75) is 11.1 Å². The van der Waals surface area contributed by atoms with Crippen LogP contribution in [0.2, 0.25) is 0 Å². The molecule has 348 valence electrons. The van der Waals surface area contributed by atoms with Crippen molar-refractivity contribution in [3.63, 3.8) is 0 Å². The molecule has 0 spiro atoms. The van der Waals surface area contributed by atoms with Gasteiger partial charge >= 0.3 is 0 Å². The van der Waals surface area contributed by atoms with Crippen LogP contribution in [0.4, 0.5) is 11.4 Å². The second kappa shape index (κ2) is 35.2. The number of benzene rings is 1. The first kappa shape index (κ1) is 53.2. The molecule has 1 aromatic rings. The normalized spacial score (nSPS) is 20.5. The van der Waals surface area contributed by atoms with E-state index in [0.717, 1.165) is 50.6 Å². The molecule has 0 radical (unpaired) electrons. The summed E-state index contributed by atoms with van der Waals surface area (Å²) in [7, 11) is 1.65. The number of fused-ring (bicyclic) bond motifs is 15. The number of isothiocyanates is 1. The Hall–Kier alpha value is -2.16. The highest BCUT2D eigenvalue weighted by Crippen LogP contribution is 2.16. The van der Waals surface area contributed by atoms with E-state index in [1.807, 2.05) is 24.3 Å². The molecule has 22 heteroatoms. The summed E-state index contributed by atoms with van der Waals surface area (Å²) < 4.78 is 43.6. The van der Waals surface area contributed by atoms with Crippen LogP contribution in [0.25, 0.3) is 0 Å². The van der Waals surface area contributed by atoms with Crippen molar-refractivity contribution in [3.8, 4) is 0 Å². The molecule has 2 bridgehead atoms. The lowest BCUT2D eigenvalue weighted by Crippen LogP contribution is -2.69. The Morgan fingerprint density at radius 2 is 0.885 bits per heavy atom. The number of hydrogen-bond acceptors (Lipinski definition) is 18. The molecule has 3 aliphatic rings. The standard InChI is InChI=1S/C39H71N11O8S3/c1-51-12-13-52-14-15-53-16-17-54-18-19-55-20-21-56-22-23-57-24-25-58-32-46-36(60)49-38-26-40-6-9-43-29-39(30-44-10-7-41-27-38,31-45-11-8-42-28-38)50-37(61)48-35-4-2-34(3-5-35)47-33-59/h2-5,40-45H,6-32H2,1H3,(H2,46,49,60)(H2,48,50,61). The van der Waals surface area contributed by atoms with Gasteiger partial charge in [0.2, 0.25) is 0 Å². The molecule has 0 saturated carbocycles. The van der Waals surface area contributed by atoms with E-state index in [1.54, 1.807) is 7.11 Å². The molecule has 0 unspecified atom stereocenters. The van der Waals surface area contributed by atoms with E-state index in [1.165, 1.54) is 0 Å². The maximum Gasteiger partial charge on any atom is 0.171 e. The third-order valence-electron chi connectivity index (χ3n) is 9.27. The van der Waals surface area contributed by atoms with Gasteiger partial charge in [-0.05, 0) is 60.9 Å². The Bertz CT molecular complexity index is 1300. The molecule has 0 aliphatic carbocycles. The first-order valence-corrected chi connectivity index (χ1v) is 22.3. The average molecular weight is 918 g/mol. The maximum absolute atomic E-state index is 5.80. The van der Waals surface area contributed by atoms with Gasteiger partial charge in [0.25, 0.3) is 0 Å². The van der Waals surface area contributed by atoms with Gasteiger partial charge in [-0.15, -0.1) is 0 Å². The first-order chi connectivity index (χ1) is 30.0. The molecular formula is C39H71N11O8S3. The van der Waals surface area contributed by atoms with Crippen molar-refractivity contribution in [2.24, 2.45) is 4.99 Å². The third-order valence-corrected chi connectivity index (χ3v) is 9.81. The molecule has 10 N–H and O–H groups in total. The quantitative estimate of drug-likeness (QED) is 0.0221. The SMILES string of the molecule is COCCOCCOCCOCCOCCOCCOCCOCNC(=S)NC12CNCCNCC(NC(=S)Nc3ccc(N=C=S)cc3)(CNCCNC1)CNCCNC2. The van der Waals surface area contributed by atoms with E-state index in [2.05, 4.69) is 63.3 Å². The Morgan fingerprint density at radius 1 is 0.541 bits per heavy atom. The zero-order chi connectivity index (χ0) is 43.4. The average Bonchev–Trinajstić information content (AvgIpc) is 3.25. The van der Waals surface area contributed by atoms with Crippen molar-refractivity contribution in [2.75, 3.05) is 190 Å². The fourth-order valence-electron chi connectivity index (χ4n) is 6.15. The molecule has 0 amide bonds. The molecule has 19 nitrogen and oxygen atoms in total. The minimum absolute atomic E-state index is 0.261. The largest absolute Gasteiger partial charge is 0.382 e. The predicted molar refractivity (Wildman–Crippen MR) is 250 cm³/mol. The van der Waals surface area contributed by atoms with E-state index < -0.39 is 11.1 Å². The fourth-order valence-corrected chi connectivity index (χ4v) is 6.86. The van der Waals surface area contributed by atoms with Crippen LogP contribution in [0.3, 0.4) is 0 Å². The van der Waals surface area contributed by atoms with E-state index in [-0.39, 0.29) is 6.73 Å². The van der Waals surface area contributed by atoms with Gasteiger partial charge in [-0.3, -0.25) is 0 Å². The minimum atomic E-state index is -0.395. The minimum Gasteiger partial charge on any atom is -0.382 e. The highest BCUT2D eigenvalue weighted by molar-refractivity contribution is 7.80. The summed E-state index contributed by atoms with van der Waals surface area (Å²) in [6.07, 6.45) is 0. The lowest BCUT2D eigenvalue weighted by atomic mass is 9.97. The highest BCUT2D eigenvalue weighted by Gasteiger charge is 2.33. The number of hydrogen-bond donors (Lipinski definition) is 10. The summed E-state index contributed by atoms with van der Waals surface area (Å²) in [5.74, 6) is 0. The molecule has 3 aliphatic heterocycles. The predicted octanol–water partition coefficient (Wildman–Crippen LogP) is -1.07. The second-order valence-electron chi connectivity index (χ2n) is 14.3. The molecular weight excluding hydrogens is 847 g/mol.